The number of carbonyl (C=O) groups excluding carboxylic acids is 1. The number of alkyl halides is 2. The van der Waals surface area contributed by atoms with E-state index in [1.54, 1.807) is 19.1 Å². The van der Waals surface area contributed by atoms with E-state index in [9.17, 15) is 13.6 Å². The first kappa shape index (κ1) is 15.9. The van der Waals surface area contributed by atoms with Gasteiger partial charge in [-0.25, -0.2) is 0 Å². The van der Waals surface area contributed by atoms with Gasteiger partial charge >= 0.3 is 6.61 Å². The molecule has 4 nitrogen and oxygen atoms in total. The molecule has 0 bridgehead atoms. The van der Waals surface area contributed by atoms with Crippen LogP contribution in [-0.2, 0) is 4.79 Å². The number of nitrogens with one attached hydrogen (secondary N) is 1. The van der Waals surface area contributed by atoms with Crippen molar-refractivity contribution in [3.63, 3.8) is 0 Å². The van der Waals surface area contributed by atoms with E-state index in [0.717, 1.165) is 6.42 Å². The Labute approximate surface area is 116 Å². The predicted molar refractivity (Wildman–Crippen MR) is 72.3 cm³/mol. The number of rotatable bonds is 6. The van der Waals surface area contributed by atoms with Crippen molar-refractivity contribution < 1.29 is 23.0 Å². The summed E-state index contributed by atoms with van der Waals surface area (Å²) in [6, 6.07) is 4.29. The molecule has 0 heterocycles. The second-order valence-electron chi connectivity index (χ2n) is 3.99. The van der Waals surface area contributed by atoms with Crippen LogP contribution in [0.3, 0.4) is 0 Å². The van der Waals surface area contributed by atoms with E-state index in [1.165, 1.54) is 19.2 Å². The molecule has 0 fully saturated rings. The number of hydrogen-bond donors (Lipinski definition) is 1. The number of benzene rings is 1. The molecule has 0 aliphatic carbocycles. The summed E-state index contributed by atoms with van der Waals surface area (Å²) in [5.74, 6) is -0.249. The Morgan fingerprint density at radius 1 is 1.40 bits per heavy atom. The first-order chi connectivity index (χ1) is 9.47. The van der Waals surface area contributed by atoms with E-state index < -0.39 is 6.61 Å². The lowest BCUT2D eigenvalue weighted by molar-refractivity contribution is -0.112. The van der Waals surface area contributed by atoms with Crippen molar-refractivity contribution in [2.24, 2.45) is 0 Å². The first-order valence-electron chi connectivity index (χ1n) is 6.08. The van der Waals surface area contributed by atoms with Crippen LogP contribution in [0.25, 0.3) is 0 Å². The van der Waals surface area contributed by atoms with Crippen LogP contribution in [0.15, 0.2) is 29.8 Å². The van der Waals surface area contributed by atoms with Crippen LogP contribution in [0.5, 0.6) is 11.5 Å². The highest BCUT2D eigenvalue weighted by molar-refractivity contribution is 6.03. The van der Waals surface area contributed by atoms with E-state index >= 15 is 0 Å². The Morgan fingerprint density at radius 3 is 2.65 bits per heavy atom. The fourth-order valence-electron chi connectivity index (χ4n) is 1.57. The topological polar surface area (TPSA) is 47.6 Å². The molecule has 0 aromatic heterocycles. The molecule has 0 unspecified atom stereocenters. The molecule has 0 spiro atoms. The van der Waals surface area contributed by atoms with Crippen molar-refractivity contribution in [3.05, 3.63) is 29.8 Å². The summed E-state index contributed by atoms with van der Waals surface area (Å²) in [6.07, 6.45) is 2.51. The molecular formula is C14H17F2NO3. The van der Waals surface area contributed by atoms with Crippen LogP contribution < -0.4 is 14.8 Å². The second-order valence-corrected chi connectivity index (χ2v) is 3.99. The third-order valence-electron chi connectivity index (χ3n) is 2.51. The Balaban J connectivity index is 2.91. The number of ether oxygens (including phenoxy) is 2. The molecule has 0 saturated carbocycles. The molecule has 1 aromatic carbocycles. The molecule has 1 N–H and O–H groups in total. The highest BCUT2D eigenvalue weighted by atomic mass is 19.3. The Kier molecular flexibility index (Phi) is 5.96. The average molecular weight is 285 g/mol. The van der Waals surface area contributed by atoms with E-state index in [1.807, 2.05) is 6.92 Å². The monoisotopic (exact) mass is 285 g/mol. The van der Waals surface area contributed by atoms with Gasteiger partial charge in [-0.3, -0.25) is 4.79 Å². The second kappa shape index (κ2) is 7.47. The third-order valence-corrected chi connectivity index (χ3v) is 2.51. The van der Waals surface area contributed by atoms with Crippen LogP contribution in [0, 0.1) is 0 Å². The van der Waals surface area contributed by atoms with Gasteiger partial charge in [0.1, 0.15) is 0 Å². The van der Waals surface area contributed by atoms with Crippen LogP contribution >= 0.6 is 0 Å². The summed E-state index contributed by atoms with van der Waals surface area (Å²) in [7, 11) is 1.35. The molecule has 0 radical (unpaired) electrons. The Bertz CT molecular complexity index is 501. The summed E-state index contributed by atoms with van der Waals surface area (Å²) < 4.78 is 33.8. The quantitative estimate of drug-likeness (QED) is 0.812. The predicted octanol–water partition coefficient (Wildman–Crippen LogP) is 3.59. The zero-order valence-corrected chi connectivity index (χ0v) is 11.6. The molecule has 1 aromatic rings. The summed E-state index contributed by atoms with van der Waals surface area (Å²) in [4.78, 5) is 11.8. The zero-order chi connectivity index (χ0) is 15.1. The van der Waals surface area contributed by atoms with Crippen LogP contribution in [-0.4, -0.2) is 19.6 Å². The number of halogens is 2. The highest BCUT2D eigenvalue weighted by Crippen LogP contribution is 2.31. The molecule has 1 amide bonds. The minimum Gasteiger partial charge on any atom is -0.493 e. The number of carbonyl (C=O) groups is 1. The first-order valence-corrected chi connectivity index (χ1v) is 6.08. The fraction of sp³-hybridized carbons (Fsp3) is 0.357. The Morgan fingerprint density at radius 2 is 2.10 bits per heavy atom. The summed E-state index contributed by atoms with van der Waals surface area (Å²) >= 11 is 0. The van der Waals surface area contributed by atoms with Gasteiger partial charge in [0.05, 0.1) is 7.11 Å². The van der Waals surface area contributed by atoms with Gasteiger partial charge in [0.15, 0.2) is 11.5 Å². The van der Waals surface area contributed by atoms with Crippen LogP contribution in [0.4, 0.5) is 14.5 Å². The van der Waals surface area contributed by atoms with Crippen molar-refractivity contribution in [3.8, 4) is 11.5 Å². The fourth-order valence-corrected chi connectivity index (χ4v) is 1.57. The average Bonchev–Trinajstić information content (AvgIpc) is 2.38. The lowest BCUT2D eigenvalue weighted by atomic mass is 10.2. The molecule has 1 rings (SSSR count). The van der Waals surface area contributed by atoms with Gasteiger partial charge in [-0.05, 0) is 25.5 Å². The smallest absolute Gasteiger partial charge is 0.387 e. The maximum Gasteiger partial charge on any atom is 0.387 e. The molecule has 0 atom stereocenters. The molecule has 0 saturated heterocycles. The zero-order valence-electron chi connectivity index (χ0n) is 11.6. The van der Waals surface area contributed by atoms with E-state index in [2.05, 4.69) is 10.1 Å². The maximum absolute atomic E-state index is 12.3. The molecular weight excluding hydrogens is 268 g/mol. The standard InChI is InChI=1S/C14H17F2NO3/c1-4-5-9(2)13(18)17-10-6-7-11(19-3)12(8-10)20-14(15)16/h5-8,14H,4H2,1-3H3,(H,17,18)/b9-5+. The number of anilines is 1. The van der Waals surface area contributed by atoms with E-state index in [4.69, 9.17) is 4.74 Å². The SMILES string of the molecule is CC/C=C(\C)C(=O)Nc1ccc(OC)c(OC(F)F)c1. The molecule has 110 valence electrons. The summed E-state index contributed by atoms with van der Waals surface area (Å²) in [6.45, 7) is 0.633. The molecule has 20 heavy (non-hydrogen) atoms. The van der Waals surface area contributed by atoms with Crippen molar-refractivity contribution in [2.75, 3.05) is 12.4 Å². The van der Waals surface area contributed by atoms with Gasteiger partial charge in [-0.15, -0.1) is 0 Å². The van der Waals surface area contributed by atoms with Crippen molar-refractivity contribution in [2.45, 2.75) is 26.9 Å². The molecule has 0 aliphatic rings. The van der Waals surface area contributed by atoms with Gasteiger partial charge in [0, 0.05) is 17.3 Å². The number of amides is 1. The highest BCUT2D eigenvalue weighted by Gasteiger charge is 2.12. The van der Waals surface area contributed by atoms with Crippen molar-refractivity contribution >= 4 is 11.6 Å². The van der Waals surface area contributed by atoms with Crippen LogP contribution in [0.2, 0.25) is 0 Å². The molecule has 6 heteroatoms. The number of allylic oxidation sites excluding steroid dienone is 1. The minimum absolute atomic E-state index is 0.127. The number of hydrogen-bond acceptors (Lipinski definition) is 3. The lowest BCUT2D eigenvalue weighted by Gasteiger charge is -2.12. The molecule has 0 aliphatic heterocycles. The Hall–Kier alpha value is -2.11. The summed E-state index contributed by atoms with van der Waals surface area (Å²) in [5, 5.41) is 2.60. The van der Waals surface area contributed by atoms with Gasteiger partial charge < -0.3 is 14.8 Å². The number of methoxy groups -OCH3 is 1. The minimum atomic E-state index is -2.96. The van der Waals surface area contributed by atoms with Gasteiger partial charge in [-0.1, -0.05) is 13.0 Å². The van der Waals surface area contributed by atoms with Crippen molar-refractivity contribution in [1.82, 2.24) is 0 Å². The largest absolute Gasteiger partial charge is 0.493 e. The normalized spacial score (nSPS) is 11.4. The summed E-state index contributed by atoms with van der Waals surface area (Å²) in [5.41, 5.74) is 0.912. The van der Waals surface area contributed by atoms with Crippen molar-refractivity contribution in [1.29, 1.82) is 0 Å². The van der Waals surface area contributed by atoms with Crippen LogP contribution in [0.1, 0.15) is 20.3 Å². The van der Waals surface area contributed by atoms with Gasteiger partial charge in [-0.2, -0.15) is 8.78 Å². The van der Waals surface area contributed by atoms with E-state index in [-0.39, 0.29) is 17.4 Å². The van der Waals surface area contributed by atoms with Gasteiger partial charge in [0.25, 0.3) is 5.91 Å². The van der Waals surface area contributed by atoms with E-state index in [0.29, 0.717) is 11.3 Å². The lowest BCUT2D eigenvalue weighted by Crippen LogP contribution is -2.13. The maximum atomic E-state index is 12.3. The third kappa shape index (κ3) is 4.53. The van der Waals surface area contributed by atoms with Gasteiger partial charge in [0.2, 0.25) is 0 Å².